The Morgan fingerprint density at radius 2 is 2.17 bits per heavy atom. The maximum Gasteiger partial charge on any atom is 0.413 e. The van der Waals surface area contributed by atoms with E-state index < -0.39 is 6.09 Å². The Kier molecular flexibility index (Phi) is 5.77. The molecule has 0 radical (unpaired) electrons. The van der Waals surface area contributed by atoms with Crippen LogP contribution in [0.4, 0.5) is 14.3 Å². The van der Waals surface area contributed by atoms with Gasteiger partial charge in [0.05, 0.1) is 29.1 Å². The van der Waals surface area contributed by atoms with Gasteiger partial charge >= 0.3 is 6.09 Å². The lowest BCUT2D eigenvalue weighted by molar-refractivity contribution is 0.187. The van der Waals surface area contributed by atoms with Crippen LogP contribution < -0.4 is 5.32 Å². The number of amides is 1. The van der Waals surface area contributed by atoms with E-state index in [2.05, 4.69) is 27.2 Å². The molecule has 8 nitrogen and oxygen atoms in total. The number of benzene rings is 1. The summed E-state index contributed by atoms with van der Waals surface area (Å²) in [5.41, 5.74) is 5.62. The van der Waals surface area contributed by atoms with Crippen LogP contribution in [-0.4, -0.2) is 50.9 Å². The van der Waals surface area contributed by atoms with Gasteiger partial charge in [-0.15, -0.1) is 0 Å². The molecule has 0 bridgehead atoms. The van der Waals surface area contributed by atoms with E-state index in [0.717, 1.165) is 38.6 Å². The molecule has 2 aliphatic rings. The van der Waals surface area contributed by atoms with Crippen molar-refractivity contribution in [3.63, 3.8) is 0 Å². The zero-order valence-electron chi connectivity index (χ0n) is 20.0. The van der Waals surface area contributed by atoms with E-state index in [1.54, 1.807) is 29.2 Å². The third-order valence-electron chi connectivity index (χ3n) is 6.68. The monoisotopic (exact) mass is 504 g/mol. The van der Waals surface area contributed by atoms with Crippen molar-refractivity contribution in [2.24, 2.45) is 0 Å². The van der Waals surface area contributed by atoms with E-state index in [-0.39, 0.29) is 5.82 Å². The van der Waals surface area contributed by atoms with Crippen molar-refractivity contribution < 1.29 is 13.9 Å². The number of methoxy groups -OCH3 is 1. The average Bonchev–Trinajstić information content (AvgIpc) is 3.55. The first kappa shape index (κ1) is 22.8. The summed E-state index contributed by atoms with van der Waals surface area (Å²) in [6.45, 7) is 0.710. The lowest BCUT2D eigenvalue weighted by Gasteiger charge is -2.17. The minimum atomic E-state index is -0.580. The van der Waals surface area contributed by atoms with Crippen molar-refractivity contribution in [1.82, 2.24) is 24.6 Å². The summed E-state index contributed by atoms with van der Waals surface area (Å²) >= 11 is 1.34. The minimum Gasteiger partial charge on any atom is -0.453 e. The highest BCUT2D eigenvalue weighted by molar-refractivity contribution is 7.19. The normalized spacial score (nSPS) is 14.4. The number of anilines is 1. The van der Waals surface area contributed by atoms with Gasteiger partial charge in [-0.1, -0.05) is 17.4 Å². The second-order valence-electron chi connectivity index (χ2n) is 9.17. The van der Waals surface area contributed by atoms with Crippen LogP contribution in [0.25, 0.3) is 27.5 Å². The SMILES string of the molecule is COC(=O)Nc1nc2c(s1)-c1c(c(-c3cccnc3)nn1-c1ccc(CN(C)C3CC3)cc1F)CC2. The topological polar surface area (TPSA) is 85.2 Å². The summed E-state index contributed by atoms with van der Waals surface area (Å²) in [6, 6.07) is 9.80. The van der Waals surface area contributed by atoms with Crippen molar-refractivity contribution in [3.05, 3.63) is 65.4 Å². The first-order valence-corrected chi connectivity index (χ1v) is 12.7. The van der Waals surface area contributed by atoms with Gasteiger partial charge in [-0.05, 0) is 62.6 Å². The molecule has 1 saturated carbocycles. The molecule has 3 heterocycles. The van der Waals surface area contributed by atoms with Gasteiger partial charge in [-0.3, -0.25) is 15.2 Å². The van der Waals surface area contributed by atoms with E-state index >= 15 is 4.39 Å². The number of carbonyl (C=O) groups excluding carboxylic acids is 1. The Hall–Kier alpha value is -3.63. The van der Waals surface area contributed by atoms with Gasteiger partial charge in [0.25, 0.3) is 0 Å². The maximum atomic E-state index is 15.6. The largest absolute Gasteiger partial charge is 0.453 e. The van der Waals surface area contributed by atoms with Crippen molar-refractivity contribution in [2.45, 2.75) is 38.3 Å². The molecule has 2 aliphatic carbocycles. The number of nitrogens with one attached hydrogen (secondary N) is 1. The summed E-state index contributed by atoms with van der Waals surface area (Å²) < 4.78 is 22.0. The number of halogens is 1. The number of fused-ring (bicyclic) bond motifs is 3. The molecule has 0 unspecified atom stereocenters. The molecule has 0 atom stereocenters. The van der Waals surface area contributed by atoms with Crippen LogP contribution >= 0.6 is 11.3 Å². The molecule has 6 rings (SSSR count). The molecule has 0 aliphatic heterocycles. The van der Waals surface area contributed by atoms with Crippen molar-refractivity contribution in [3.8, 4) is 27.5 Å². The van der Waals surface area contributed by atoms with E-state index in [1.807, 2.05) is 18.2 Å². The predicted octanol–water partition coefficient (Wildman–Crippen LogP) is 5.07. The maximum absolute atomic E-state index is 15.6. The van der Waals surface area contributed by atoms with E-state index in [4.69, 9.17) is 9.84 Å². The van der Waals surface area contributed by atoms with Crippen molar-refractivity contribution in [2.75, 3.05) is 19.5 Å². The number of pyridine rings is 1. The highest BCUT2D eigenvalue weighted by Gasteiger charge is 2.31. The lowest BCUT2D eigenvalue weighted by Crippen LogP contribution is -2.20. The highest BCUT2D eigenvalue weighted by Crippen LogP contribution is 2.44. The summed E-state index contributed by atoms with van der Waals surface area (Å²) in [6.07, 6.45) is 6.71. The second-order valence-corrected chi connectivity index (χ2v) is 10.2. The quantitative estimate of drug-likeness (QED) is 0.395. The zero-order chi connectivity index (χ0) is 24.8. The van der Waals surface area contributed by atoms with Gasteiger partial charge in [-0.25, -0.2) is 18.9 Å². The molecule has 4 aromatic rings. The number of nitrogens with zero attached hydrogens (tertiary/aromatic N) is 5. The standard InChI is InChI=1S/C26H25FN6O2S/c1-32(17-6-7-17)14-15-5-10-21(19(27)12-15)33-23-18(22(31-33)16-4-3-11-28-13-16)8-9-20-24(23)36-25(29-20)30-26(34)35-2/h3-5,10-13,17H,6-9,14H2,1-2H3,(H,29,30,34). The fourth-order valence-electron chi connectivity index (χ4n) is 4.72. The molecule has 0 saturated heterocycles. The molecule has 10 heteroatoms. The number of ether oxygens (including phenoxy) is 1. The third kappa shape index (κ3) is 4.16. The number of rotatable bonds is 6. The number of carbonyl (C=O) groups is 1. The van der Waals surface area contributed by atoms with Gasteiger partial charge in [0.2, 0.25) is 0 Å². The van der Waals surface area contributed by atoms with Crippen molar-refractivity contribution in [1.29, 1.82) is 0 Å². The van der Waals surface area contributed by atoms with E-state index in [1.165, 1.54) is 31.3 Å². The summed E-state index contributed by atoms with van der Waals surface area (Å²) in [5.74, 6) is -0.329. The van der Waals surface area contributed by atoms with Gasteiger partial charge < -0.3 is 4.74 Å². The molecule has 3 aromatic heterocycles. The van der Waals surface area contributed by atoms with Crippen LogP contribution in [0.1, 0.15) is 29.7 Å². The molecule has 1 fully saturated rings. The lowest BCUT2D eigenvalue weighted by atomic mass is 9.95. The number of aromatic nitrogens is 4. The van der Waals surface area contributed by atoms with Crippen LogP contribution in [0.5, 0.6) is 0 Å². The van der Waals surface area contributed by atoms with Crippen LogP contribution in [0, 0.1) is 5.82 Å². The molecule has 1 amide bonds. The summed E-state index contributed by atoms with van der Waals surface area (Å²) in [7, 11) is 3.39. The minimum absolute atomic E-state index is 0.329. The van der Waals surface area contributed by atoms with Crippen molar-refractivity contribution >= 4 is 22.6 Å². The van der Waals surface area contributed by atoms with Gasteiger partial charge in [0.15, 0.2) is 5.13 Å². The molecular weight excluding hydrogens is 479 g/mol. The Morgan fingerprint density at radius 1 is 1.31 bits per heavy atom. The van der Waals surface area contributed by atoms with Gasteiger partial charge in [-0.2, -0.15) is 5.10 Å². The van der Waals surface area contributed by atoms with Gasteiger partial charge in [0.1, 0.15) is 11.5 Å². The smallest absolute Gasteiger partial charge is 0.413 e. The average molecular weight is 505 g/mol. The van der Waals surface area contributed by atoms with Crippen LogP contribution in [0.3, 0.4) is 0 Å². The predicted molar refractivity (Wildman–Crippen MR) is 136 cm³/mol. The van der Waals surface area contributed by atoms with Crippen LogP contribution in [0.15, 0.2) is 42.7 Å². The molecular formula is C26H25FN6O2S. The van der Waals surface area contributed by atoms with Crippen LogP contribution in [-0.2, 0) is 24.1 Å². The highest BCUT2D eigenvalue weighted by atomic mass is 32.1. The number of hydrogen-bond acceptors (Lipinski definition) is 7. The first-order chi connectivity index (χ1) is 17.5. The zero-order valence-corrected chi connectivity index (χ0v) is 20.8. The molecule has 1 aromatic carbocycles. The first-order valence-electron chi connectivity index (χ1n) is 11.9. The Labute approximate surface area is 211 Å². The summed E-state index contributed by atoms with van der Waals surface area (Å²) in [4.78, 5) is 23.8. The second kappa shape index (κ2) is 9.11. The number of hydrogen-bond donors (Lipinski definition) is 1. The Morgan fingerprint density at radius 3 is 2.89 bits per heavy atom. The van der Waals surface area contributed by atoms with E-state index in [0.29, 0.717) is 36.2 Å². The van der Waals surface area contributed by atoms with Crippen LogP contribution in [0.2, 0.25) is 0 Å². The number of aryl methyl sites for hydroxylation is 1. The molecule has 184 valence electrons. The Balaban J connectivity index is 1.46. The Bertz CT molecular complexity index is 1450. The molecule has 0 spiro atoms. The molecule has 36 heavy (non-hydrogen) atoms. The number of thiazole rings is 1. The van der Waals surface area contributed by atoms with Gasteiger partial charge in [0, 0.05) is 36.1 Å². The fourth-order valence-corrected chi connectivity index (χ4v) is 5.78. The third-order valence-corrected chi connectivity index (χ3v) is 7.70. The molecule has 1 N–H and O–H groups in total. The fraction of sp³-hybridized carbons (Fsp3) is 0.308. The van der Waals surface area contributed by atoms with E-state index in [9.17, 15) is 4.79 Å². The summed E-state index contributed by atoms with van der Waals surface area (Å²) in [5, 5.41) is 8.00.